The number of ether oxygens (including phenoxy) is 1. The van der Waals surface area contributed by atoms with Crippen molar-refractivity contribution in [2.24, 2.45) is 5.41 Å². The number of rotatable bonds is 4. The van der Waals surface area contributed by atoms with Gasteiger partial charge in [0.15, 0.2) is 0 Å². The number of halogens is 1. The zero-order valence-corrected chi connectivity index (χ0v) is 13.4. The molecule has 116 valence electrons. The van der Waals surface area contributed by atoms with E-state index in [1.165, 1.54) is 13.2 Å². The first-order chi connectivity index (χ1) is 9.97. The second-order valence-electron chi connectivity index (χ2n) is 5.79. The molecule has 0 aromatic heterocycles. The normalized spacial score (nSPS) is 24.0. The lowest BCUT2D eigenvalue weighted by Gasteiger charge is -2.23. The van der Waals surface area contributed by atoms with Crippen LogP contribution in [0.5, 0.6) is 5.75 Å². The summed E-state index contributed by atoms with van der Waals surface area (Å²) in [6.07, 6.45) is 2.95. The van der Waals surface area contributed by atoms with Crippen LogP contribution in [0.1, 0.15) is 19.3 Å². The zero-order valence-electron chi connectivity index (χ0n) is 11.9. The largest absolute Gasteiger partial charge is 0.497 e. The lowest BCUT2D eigenvalue weighted by molar-refractivity contribution is 0.337. The Balaban J connectivity index is 1.79. The Labute approximate surface area is 130 Å². The van der Waals surface area contributed by atoms with Crippen molar-refractivity contribution in [3.05, 3.63) is 23.2 Å². The quantitative estimate of drug-likeness (QED) is 0.883. The van der Waals surface area contributed by atoms with Crippen LogP contribution in [0.2, 0.25) is 5.02 Å². The van der Waals surface area contributed by atoms with Crippen molar-refractivity contribution in [3.63, 3.8) is 0 Å². The molecular weight excluding hydrogens is 312 g/mol. The van der Waals surface area contributed by atoms with Gasteiger partial charge in [-0.25, -0.2) is 13.1 Å². The molecule has 2 fully saturated rings. The number of benzene rings is 1. The van der Waals surface area contributed by atoms with E-state index < -0.39 is 10.0 Å². The molecule has 0 amide bonds. The van der Waals surface area contributed by atoms with E-state index in [0.29, 0.717) is 5.75 Å². The van der Waals surface area contributed by atoms with Gasteiger partial charge < -0.3 is 10.1 Å². The molecule has 0 bridgehead atoms. The fraction of sp³-hybridized carbons (Fsp3) is 0.571. The number of piperidine rings is 1. The van der Waals surface area contributed by atoms with E-state index in [1.807, 2.05) is 0 Å². The topological polar surface area (TPSA) is 67.4 Å². The highest BCUT2D eigenvalue weighted by atomic mass is 35.5. The van der Waals surface area contributed by atoms with Crippen LogP contribution < -0.4 is 14.8 Å². The minimum absolute atomic E-state index is 0.0202. The predicted octanol–water partition coefficient (Wildman–Crippen LogP) is 1.77. The van der Waals surface area contributed by atoms with Gasteiger partial charge in [0.2, 0.25) is 10.0 Å². The van der Waals surface area contributed by atoms with Crippen LogP contribution in [0, 0.1) is 5.41 Å². The fourth-order valence-electron chi connectivity index (χ4n) is 3.06. The van der Waals surface area contributed by atoms with Gasteiger partial charge in [-0.2, -0.15) is 0 Å². The molecule has 21 heavy (non-hydrogen) atoms. The van der Waals surface area contributed by atoms with Crippen molar-refractivity contribution in [2.75, 3.05) is 20.2 Å². The van der Waals surface area contributed by atoms with E-state index >= 15 is 0 Å². The fourth-order valence-corrected chi connectivity index (χ4v) is 4.91. The molecule has 2 aliphatic rings. The Morgan fingerprint density at radius 1 is 1.38 bits per heavy atom. The number of sulfonamides is 1. The van der Waals surface area contributed by atoms with Gasteiger partial charge in [-0.15, -0.1) is 0 Å². The number of methoxy groups -OCH3 is 1. The molecule has 3 rings (SSSR count). The van der Waals surface area contributed by atoms with Crippen LogP contribution in [0.25, 0.3) is 0 Å². The molecule has 2 N–H and O–H groups in total. The maximum absolute atomic E-state index is 12.5. The highest BCUT2D eigenvalue weighted by Crippen LogP contribution is 2.53. The van der Waals surface area contributed by atoms with Gasteiger partial charge in [0.05, 0.1) is 12.1 Å². The van der Waals surface area contributed by atoms with Gasteiger partial charge in [0, 0.05) is 12.1 Å². The molecule has 5 nitrogen and oxygen atoms in total. The van der Waals surface area contributed by atoms with Crippen LogP contribution in [0.3, 0.4) is 0 Å². The summed E-state index contributed by atoms with van der Waals surface area (Å²) in [6.45, 7) is 1.91. The van der Waals surface area contributed by atoms with E-state index in [9.17, 15) is 8.42 Å². The first kappa shape index (κ1) is 15.1. The predicted molar refractivity (Wildman–Crippen MR) is 81.3 cm³/mol. The third-order valence-electron chi connectivity index (χ3n) is 4.51. The van der Waals surface area contributed by atoms with Crippen molar-refractivity contribution in [1.29, 1.82) is 0 Å². The molecule has 1 spiro atoms. The van der Waals surface area contributed by atoms with Crippen LogP contribution in [-0.4, -0.2) is 34.7 Å². The second kappa shape index (κ2) is 5.43. The first-order valence-corrected chi connectivity index (χ1v) is 8.90. The third kappa shape index (κ3) is 2.90. The van der Waals surface area contributed by atoms with Gasteiger partial charge in [0.1, 0.15) is 10.6 Å². The Morgan fingerprint density at radius 3 is 2.76 bits per heavy atom. The zero-order chi connectivity index (χ0) is 15.1. The summed E-state index contributed by atoms with van der Waals surface area (Å²) in [5.74, 6) is 0.479. The SMILES string of the molecule is COc1ccc(Cl)c(S(=O)(=O)NC2CC23CCNCC3)c1. The lowest BCUT2D eigenvalue weighted by atomic mass is 9.94. The number of nitrogens with one attached hydrogen (secondary N) is 2. The lowest BCUT2D eigenvalue weighted by Crippen LogP contribution is -2.36. The van der Waals surface area contributed by atoms with Gasteiger partial charge >= 0.3 is 0 Å². The Bertz CT molecular complexity index is 642. The van der Waals surface area contributed by atoms with Crippen LogP contribution >= 0.6 is 11.6 Å². The van der Waals surface area contributed by atoms with Crippen molar-refractivity contribution in [2.45, 2.75) is 30.2 Å². The second-order valence-corrected chi connectivity index (χ2v) is 7.88. The molecule has 1 saturated carbocycles. The van der Waals surface area contributed by atoms with Crippen LogP contribution in [0.4, 0.5) is 0 Å². The Hall–Kier alpha value is -0.820. The van der Waals surface area contributed by atoms with Gasteiger partial charge in [-0.3, -0.25) is 0 Å². The minimum atomic E-state index is -3.62. The number of hydrogen-bond acceptors (Lipinski definition) is 4. The van der Waals surface area contributed by atoms with Crippen molar-refractivity contribution in [1.82, 2.24) is 10.0 Å². The van der Waals surface area contributed by atoms with E-state index in [0.717, 1.165) is 32.4 Å². The summed E-state index contributed by atoms with van der Waals surface area (Å²) in [7, 11) is -2.12. The van der Waals surface area contributed by atoms with Gasteiger partial charge in [-0.1, -0.05) is 11.6 Å². The molecule has 1 saturated heterocycles. The maximum Gasteiger partial charge on any atom is 0.242 e. The van der Waals surface area contributed by atoms with E-state index in [2.05, 4.69) is 10.0 Å². The van der Waals surface area contributed by atoms with Crippen molar-refractivity contribution in [3.8, 4) is 5.75 Å². The summed E-state index contributed by atoms with van der Waals surface area (Å²) in [5.41, 5.74) is 0.143. The highest BCUT2D eigenvalue weighted by molar-refractivity contribution is 7.89. The molecule has 1 aromatic rings. The van der Waals surface area contributed by atoms with Crippen LogP contribution in [-0.2, 0) is 10.0 Å². The van der Waals surface area contributed by atoms with Crippen molar-refractivity contribution < 1.29 is 13.2 Å². The van der Waals surface area contributed by atoms with E-state index in [-0.39, 0.29) is 21.4 Å². The molecule has 7 heteroatoms. The average molecular weight is 331 g/mol. The monoisotopic (exact) mass is 330 g/mol. The first-order valence-electron chi connectivity index (χ1n) is 7.03. The Morgan fingerprint density at radius 2 is 2.10 bits per heavy atom. The molecule has 1 atom stereocenters. The molecule has 1 aliphatic heterocycles. The Kier molecular flexibility index (Phi) is 3.90. The summed E-state index contributed by atoms with van der Waals surface area (Å²) >= 11 is 6.03. The highest BCUT2D eigenvalue weighted by Gasteiger charge is 2.55. The smallest absolute Gasteiger partial charge is 0.242 e. The molecular formula is C14H19ClN2O3S. The van der Waals surface area contributed by atoms with Gasteiger partial charge in [-0.05, 0) is 49.9 Å². The molecule has 1 heterocycles. The summed E-state index contributed by atoms with van der Waals surface area (Å²) in [5, 5.41) is 3.52. The summed E-state index contributed by atoms with van der Waals surface area (Å²) in [4.78, 5) is 0.0829. The van der Waals surface area contributed by atoms with E-state index in [4.69, 9.17) is 16.3 Å². The molecule has 1 aliphatic carbocycles. The molecule has 1 unspecified atom stereocenters. The summed E-state index contributed by atoms with van der Waals surface area (Å²) < 4.78 is 32.9. The third-order valence-corrected chi connectivity index (χ3v) is 6.47. The molecule has 0 radical (unpaired) electrons. The minimum Gasteiger partial charge on any atom is -0.497 e. The average Bonchev–Trinajstić information content (AvgIpc) is 3.10. The van der Waals surface area contributed by atoms with Gasteiger partial charge in [0.25, 0.3) is 0 Å². The van der Waals surface area contributed by atoms with Crippen LogP contribution in [0.15, 0.2) is 23.1 Å². The molecule has 1 aromatic carbocycles. The summed E-state index contributed by atoms with van der Waals surface area (Å²) in [6, 6.07) is 4.67. The number of hydrogen-bond donors (Lipinski definition) is 2. The van der Waals surface area contributed by atoms with Crippen molar-refractivity contribution >= 4 is 21.6 Å². The van der Waals surface area contributed by atoms with E-state index in [1.54, 1.807) is 12.1 Å². The maximum atomic E-state index is 12.5. The standard InChI is InChI=1S/C14H19ClN2O3S/c1-20-10-2-3-11(15)12(8-10)21(18,19)17-13-9-14(13)4-6-16-7-5-14/h2-3,8,13,16-17H,4-7,9H2,1H3.